The van der Waals surface area contributed by atoms with E-state index in [1.807, 2.05) is 19.1 Å². The highest BCUT2D eigenvalue weighted by molar-refractivity contribution is 6.06. The van der Waals surface area contributed by atoms with Crippen LogP contribution in [0.4, 0.5) is 5.69 Å². The Morgan fingerprint density at radius 2 is 1.69 bits per heavy atom. The van der Waals surface area contributed by atoms with E-state index in [0.717, 1.165) is 33.2 Å². The number of anilines is 1. The molecule has 2 aromatic carbocycles. The van der Waals surface area contributed by atoms with Crippen molar-refractivity contribution in [3.05, 3.63) is 41.5 Å². The number of furan rings is 1. The van der Waals surface area contributed by atoms with Gasteiger partial charge in [-0.25, -0.2) is 0 Å². The Balaban J connectivity index is 2.53. The predicted octanol–water partition coefficient (Wildman–Crippen LogP) is 3.79. The molecule has 80 valence electrons. The van der Waals surface area contributed by atoms with Crippen LogP contribution in [0.15, 0.2) is 34.7 Å². The Kier molecular flexibility index (Phi) is 1.75. The summed E-state index contributed by atoms with van der Waals surface area (Å²) in [5.74, 6) is 0. The lowest BCUT2D eigenvalue weighted by atomic mass is 10.1. The summed E-state index contributed by atoms with van der Waals surface area (Å²) in [6.45, 7) is 4.10. The van der Waals surface area contributed by atoms with Gasteiger partial charge in [-0.2, -0.15) is 0 Å². The number of rotatable bonds is 0. The van der Waals surface area contributed by atoms with Crippen LogP contribution in [0.3, 0.4) is 0 Å². The van der Waals surface area contributed by atoms with Gasteiger partial charge in [0.1, 0.15) is 11.2 Å². The van der Waals surface area contributed by atoms with Gasteiger partial charge in [0.15, 0.2) is 0 Å². The summed E-state index contributed by atoms with van der Waals surface area (Å²) >= 11 is 0. The number of hydrogen-bond acceptors (Lipinski definition) is 2. The standard InChI is InChI=1S/C14H13NO/c1-8-3-4-13-10(5-8)11-6-9(2)12(15)7-14(11)16-13/h3-7H,15H2,1-2H3. The lowest BCUT2D eigenvalue weighted by molar-refractivity contribution is 0.669. The Hall–Kier alpha value is -1.96. The van der Waals surface area contributed by atoms with Gasteiger partial charge in [-0.05, 0) is 37.6 Å². The second kappa shape index (κ2) is 3.01. The molecule has 0 saturated heterocycles. The molecule has 0 aliphatic rings. The van der Waals surface area contributed by atoms with Gasteiger partial charge >= 0.3 is 0 Å². The van der Waals surface area contributed by atoms with E-state index in [9.17, 15) is 0 Å². The molecule has 0 atom stereocenters. The van der Waals surface area contributed by atoms with Gasteiger partial charge in [0, 0.05) is 22.5 Å². The van der Waals surface area contributed by atoms with Crippen LogP contribution in [0.5, 0.6) is 0 Å². The van der Waals surface area contributed by atoms with Crippen molar-refractivity contribution in [2.75, 3.05) is 5.73 Å². The van der Waals surface area contributed by atoms with Gasteiger partial charge in [-0.3, -0.25) is 0 Å². The molecule has 16 heavy (non-hydrogen) atoms. The van der Waals surface area contributed by atoms with Gasteiger partial charge in [0.25, 0.3) is 0 Å². The second-order valence-electron chi connectivity index (χ2n) is 4.31. The van der Waals surface area contributed by atoms with Crippen molar-refractivity contribution in [2.24, 2.45) is 0 Å². The molecule has 0 bridgehead atoms. The van der Waals surface area contributed by atoms with E-state index in [1.165, 1.54) is 5.56 Å². The van der Waals surface area contributed by atoms with Gasteiger partial charge < -0.3 is 10.2 Å². The smallest absolute Gasteiger partial charge is 0.137 e. The summed E-state index contributed by atoms with van der Waals surface area (Å²) < 4.78 is 5.76. The van der Waals surface area contributed by atoms with Crippen molar-refractivity contribution in [2.45, 2.75) is 13.8 Å². The van der Waals surface area contributed by atoms with Crippen LogP contribution >= 0.6 is 0 Å². The third kappa shape index (κ3) is 1.20. The van der Waals surface area contributed by atoms with Crippen molar-refractivity contribution in [3.8, 4) is 0 Å². The van der Waals surface area contributed by atoms with E-state index < -0.39 is 0 Å². The predicted molar refractivity (Wildman–Crippen MR) is 67.6 cm³/mol. The molecule has 2 heteroatoms. The number of nitrogen functional groups attached to an aromatic ring is 1. The van der Waals surface area contributed by atoms with Crippen LogP contribution in [-0.4, -0.2) is 0 Å². The van der Waals surface area contributed by atoms with E-state index in [2.05, 4.69) is 25.1 Å². The highest BCUT2D eigenvalue weighted by atomic mass is 16.3. The van der Waals surface area contributed by atoms with Crippen molar-refractivity contribution < 1.29 is 4.42 Å². The Morgan fingerprint density at radius 3 is 2.50 bits per heavy atom. The number of nitrogens with two attached hydrogens (primary N) is 1. The van der Waals surface area contributed by atoms with Crippen molar-refractivity contribution in [1.29, 1.82) is 0 Å². The summed E-state index contributed by atoms with van der Waals surface area (Å²) in [6.07, 6.45) is 0. The van der Waals surface area contributed by atoms with Gasteiger partial charge in [0.05, 0.1) is 0 Å². The molecule has 3 aromatic rings. The monoisotopic (exact) mass is 211 g/mol. The first-order valence-electron chi connectivity index (χ1n) is 5.34. The van der Waals surface area contributed by atoms with Crippen LogP contribution in [0.25, 0.3) is 21.9 Å². The first kappa shape index (κ1) is 9.28. The zero-order valence-corrected chi connectivity index (χ0v) is 9.37. The average molecular weight is 211 g/mol. The lowest BCUT2D eigenvalue weighted by Gasteiger charge is -1.98. The van der Waals surface area contributed by atoms with Crippen LogP contribution in [0.2, 0.25) is 0 Å². The van der Waals surface area contributed by atoms with Crippen molar-refractivity contribution in [3.63, 3.8) is 0 Å². The summed E-state index contributed by atoms with van der Waals surface area (Å²) in [4.78, 5) is 0. The minimum atomic E-state index is 0.781. The highest BCUT2D eigenvalue weighted by Gasteiger charge is 2.08. The number of fused-ring (bicyclic) bond motifs is 3. The van der Waals surface area contributed by atoms with E-state index >= 15 is 0 Å². The molecule has 0 aliphatic heterocycles. The van der Waals surface area contributed by atoms with Crippen molar-refractivity contribution in [1.82, 2.24) is 0 Å². The molecule has 0 amide bonds. The molecule has 0 aliphatic carbocycles. The minimum absolute atomic E-state index is 0.781. The summed E-state index contributed by atoms with van der Waals surface area (Å²) in [5, 5.41) is 2.31. The van der Waals surface area contributed by atoms with E-state index in [0.29, 0.717) is 0 Å². The quantitative estimate of drug-likeness (QED) is 0.575. The molecule has 0 spiro atoms. The summed E-state index contributed by atoms with van der Waals surface area (Å²) in [5.41, 5.74) is 10.8. The molecule has 3 rings (SSSR count). The molecular weight excluding hydrogens is 198 g/mol. The number of hydrogen-bond donors (Lipinski definition) is 1. The van der Waals surface area contributed by atoms with E-state index in [-0.39, 0.29) is 0 Å². The maximum atomic E-state index is 5.88. The van der Waals surface area contributed by atoms with E-state index in [1.54, 1.807) is 0 Å². The molecule has 0 radical (unpaired) electrons. The zero-order valence-electron chi connectivity index (χ0n) is 9.37. The van der Waals surface area contributed by atoms with E-state index in [4.69, 9.17) is 10.2 Å². The Morgan fingerprint density at radius 1 is 0.938 bits per heavy atom. The molecule has 0 saturated carbocycles. The minimum Gasteiger partial charge on any atom is -0.456 e. The van der Waals surface area contributed by atoms with Crippen LogP contribution in [-0.2, 0) is 0 Å². The topological polar surface area (TPSA) is 39.2 Å². The average Bonchev–Trinajstić information content (AvgIpc) is 2.57. The fourth-order valence-corrected chi connectivity index (χ4v) is 2.06. The van der Waals surface area contributed by atoms with Gasteiger partial charge in [0.2, 0.25) is 0 Å². The third-order valence-electron chi connectivity index (χ3n) is 3.01. The number of aryl methyl sites for hydroxylation is 2. The van der Waals surface area contributed by atoms with Gasteiger partial charge in [-0.15, -0.1) is 0 Å². The first-order chi connectivity index (χ1) is 7.65. The van der Waals surface area contributed by atoms with Crippen molar-refractivity contribution >= 4 is 27.6 Å². The summed E-state index contributed by atoms with van der Waals surface area (Å²) in [6, 6.07) is 10.2. The molecule has 0 unspecified atom stereocenters. The molecular formula is C14H13NO. The highest BCUT2D eigenvalue weighted by Crippen LogP contribution is 2.32. The second-order valence-corrected chi connectivity index (χ2v) is 4.31. The largest absolute Gasteiger partial charge is 0.456 e. The fraction of sp³-hybridized carbons (Fsp3) is 0.143. The molecule has 0 fully saturated rings. The number of benzene rings is 2. The third-order valence-corrected chi connectivity index (χ3v) is 3.01. The zero-order chi connectivity index (χ0) is 11.3. The molecule has 1 aromatic heterocycles. The first-order valence-corrected chi connectivity index (χ1v) is 5.34. The lowest BCUT2D eigenvalue weighted by Crippen LogP contribution is -1.87. The Labute approximate surface area is 93.7 Å². The van der Waals surface area contributed by atoms with Crippen LogP contribution < -0.4 is 5.73 Å². The normalized spacial score (nSPS) is 11.4. The van der Waals surface area contributed by atoms with Crippen LogP contribution in [0.1, 0.15) is 11.1 Å². The molecule has 1 heterocycles. The van der Waals surface area contributed by atoms with Crippen LogP contribution in [0, 0.1) is 13.8 Å². The maximum Gasteiger partial charge on any atom is 0.137 e. The maximum absolute atomic E-state index is 5.88. The molecule has 2 nitrogen and oxygen atoms in total. The summed E-state index contributed by atoms with van der Waals surface area (Å²) in [7, 11) is 0. The SMILES string of the molecule is Cc1ccc2oc3cc(N)c(C)cc3c2c1. The fourth-order valence-electron chi connectivity index (χ4n) is 2.06. The molecule has 2 N–H and O–H groups in total. The Bertz CT molecular complexity index is 695. The van der Waals surface area contributed by atoms with Gasteiger partial charge in [-0.1, -0.05) is 11.6 Å².